The zero-order valence-corrected chi connectivity index (χ0v) is 21.5. The number of nitrogens with one attached hydrogen (secondary N) is 3. The molecule has 3 N–H and O–H groups in total. The van der Waals surface area contributed by atoms with Crippen molar-refractivity contribution in [3.63, 3.8) is 0 Å². The molecular formula is C29H32N4O3. The third-order valence-corrected chi connectivity index (χ3v) is 5.46. The summed E-state index contributed by atoms with van der Waals surface area (Å²) in [5, 5.41) is 0.211. The van der Waals surface area contributed by atoms with Crippen LogP contribution in [-0.2, 0) is 5.41 Å². The molecule has 7 nitrogen and oxygen atoms in total. The Labute approximate surface area is 209 Å². The van der Waals surface area contributed by atoms with Gasteiger partial charge in [-0.3, -0.25) is 14.4 Å². The first-order valence-corrected chi connectivity index (χ1v) is 11.9. The number of H-pyrrole nitrogens is 3. The van der Waals surface area contributed by atoms with Crippen molar-refractivity contribution in [3.05, 3.63) is 120 Å². The molecule has 0 amide bonds. The molecule has 0 aliphatic carbocycles. The minimum Gasteiger partial charge on any atom is -0.348 e. The topological polar surface area (TPSA) is 111 Å². The maximum atomic E-state index is 12.8. The molecule has 0 saturated heterocycles. The van der Waals surface area contributed by atoms with Crippen molar-refractivity contribution < 1.29 is 4.79 Å². The Bertz CT molecular complexity index is 1600. The first kappa shape index (κ1) is 26.3. The third kappa shape index (κ3) is 6.05. The summed E-state index contributed by atoms with van der Waals surface area (Å²) in [7, 11) is 0. The van der Waals surface area contributed by atoms with E-state index in [1.165, 1.54) is 0 Å². The number of rotatable bonds is 4. The van der Waals surface area contributed by atoms with Crippen molar-refractivity contribution in [1.29, 1.82) is 0 Å². The van der Waals surface area contributed by atoms with Crippen LogP contribution in [0.5, 0.6) is 0 Å². The molecule has 0 atom stereocenters. The van der Waals surface area contributed by atoms with Crippen LogP contribution in [0.1, 0.15) is 73.1 Å². The third-order valence-electron chi connectivity index (χ3n) is 5.46. The molecule has 186 valence electrons. The number of carbonyl (C=O) groups excluding carboxylic acids is 1. The van der Waals surface area contributed by atoms with Crippen molar-refractivity contribution in [2.24, 2.45) is 0 Å². The van der Waals surface area contributed by atoms with Crippen LogP contribution in [0.4, 0.5) is 0 Å². The number of benzene rings is 2. The minimum atomic E-state index is -0.450. The van der Waals surface area contributed by atoms with Gasteiger partial charge in [0.05, 0.1) is 12.0 Å². The summed E-state index contributed by atoms with van der Waals surface area (Å²) in [6.07, 6.45) is 4.67. The maximum absolute atomic E-state index is 12.8. The average Bonchev–Trinajstić information content (AvgIpc) is 3.33. The lowest BCUT2D eigenvalue weighted by molar-refractivity contribution is 0.103. The van der Waals surface area contributed by atoms with Crippen LogP contribution >= 0.6 is 0 Å². The first-order valence-electron chi connectivity index (χ1n) is 11.9. The second-order valence-electron chi connectivity index (χ2n) is 9.26. The summed E-state index contributed by atoms with van der Waals surface area (Å²) in [5.41, 5.74) is 3.13. The molecule has 0 unspecified atom stereocenters. The predicted octanol–water partition coefficient (Wildman–Crippen LogP) is 3.31. The Morgan fingerprint density at radius 3 is 2.08 bits per heavy atom. The standard InChI is InChI=1S/C27H26N4O3.C2H6/c1-16-8-10-18(11-9-16)23(32)19-7-5-6-17(12-19)13-21-25(33)31-22(26(34)30-21)14-20-24(27(2,3)4)29-15-28-20;1-2/h5-15H,1-4H3,(H,28,29)(H,30,34)(H,31,33);1-2H3/b21-13-,22-14-;. The molecule has 0 bridgehead atoms. The molecule has 4 rings (SSSR count). The van der Waals surface area contributed by atoms with Gasteiger partial charge in [-0.1, -0.05) is 82.6 Å². The SMILES string of the molecule is CC.Cc1ccc(C(=O)c2cccc(/C=c3\[nH]c(=O)/c(=C/c4nc[nH]c4C(C)(C)C)[nH]c3=O)c2)cc1. The molecule has 0 aliphatic rings. The zero-order valence-electron chi connectivity index (χ0n) is 21.5. The average molecular weight is 485 g/mol. The molecular weight excluding hydrogens is 452 g/mol. The highest BCUT2D eigenvalue weighted by atomic mass is 16.1. The molecule has 0 spiro atoms. The van der Waals surface area contributed by atoms with E-state index in [-0.39, 0.29) is 21.9 Å². The molecule has 0 fully saturated rings. The highest BCUT2D eigenvalue weighted by Gasteiger charge is 2.19. The lowest BCUT2D eigenvalue weighted by atomic mass is 9.90. The Kier molecular flexibility index (Phi) is 8.04. The molecule has 4 aromatic rings. The molecule has 0 saturated carbocycles. The summed E-state index contributed by atoms with van der Waals surface area (Å²) >= 11 is 0. The smallest absolute Gasteiger partial charge is 0.272 e. The van der Waals surface area contributed by atoms with Gasteiger partial charge in [-0.15, -0.1) is 0 Å². The van der Waals surface area contributed by atoms with Gasteiger partial charge in [0, 0.05) is 22.2 Å². The van der Waals surface area contributed by atoms with E-state index in [1.54, 1.807) is 54.9 Å². The van der Waals surface area contributed by atoms with Crippen molar-refractivity contribution in [2.75, 3.05) is 0 Å². The predicted molar refractivity (Wildman–Crippen MR) is 144 cm³/mol. The van der Waals surface area contributed by atoms with Gasteiger partial charge < -0.3 is 15.0 Å². The number of ketones is 1. The van der Waals surface area contributed by atoms with E-state index < -0.39 is 11.1 Å². The van der Waals surface area contributed by atoms with Gasteiger partial charge in [-0.2, -0.15) is 0 Å². The van der Waals surface area contributed by atoms with E-state index in [4.69, 9.17) is 0 Å². The number of hydrogen-bond acceptors (Lipinski definition) is 4. The van der Waals surface area contributed by atoms with Crippen molar-refractivity contribution in [1.82, 2.24) is 19.9 Å². The largest absolute Gasteiger partial charge is 0.348 e. The minimum absolute atomic E-state index is 0.0974. The molecule has 2 aromatic heterocycles. The van der Waals surface area contributed by atoms with E-state index in [0.29, 0.717) is 22.4 Å². The highest BCUT2D eigenvalue weighted by Crippen LogP contribution is 2.22. The molecule has 0 radical (unpaired) electrons. The van der Waals surface area contributed by atoms with Crippen LogP contribution in [0.2, 0.25) is 0 Å². The molecule has 7 heteroatoms. The van der Waals surface area contributed by atoms with E-state index in [2.05, 4.69) is 19.9 Å². The number of hydrogen-bond donors (Lipinski definition) is 3. The quantitative estimate of drug-likeness (QED) is 0.386. The van der Waals surface area contributed by atoms with Crippen LogP contribution in [-0.4, -0.2) is 25.7 Å². The fourth-order valence-electron chi connectivity index (χ4n) is 3.66. The first-order chi connectivity index (χ1) is 17.1. The zero-order chi connectivity index (χ0) is 26.5. The summed E-state index contributed by atoms with van der Waals surface area (Å²) in [5.74, 6) is -0.115. The lowest BCUT2D eigenvalue weighted by Gasteiger charge is -2.16. The van der Waals surface area contributed by atoms with Crippen LogP contribution in [0.15, 0.2) is 64.4 Å². The van der Waals surface area contributed by atoms with Crippen LogP contribution in [0.25, 0.3) is 12.2 Å². The second-order valence-corrected chi connectivity index (χ2v) is 9.26. The fourth-order valence-corrected chi connectivity index (χ4v) is 3.66. The molecule has 36 heavy (non-hydrogen) atoms. The van der Waals surface area contributed by atoms with Gasteiger partial charge in [-0.25, -0.2) is 4.98 Å². The Morgan fingerprint density at radius 2 is 1.47 bits per heavy atom. The number of imidazole rings is 1. The van der Waals surface area contributed by atoms with Gasteiger partial charge in [0.2, 0.25) is 0 Å². The lowest BCUT2D eigenvalue weighted by Crippen LogP contribution is -2.46. The van der Waals surface area contributed by atoms with Gasteiger partial charge >= 0.3 is 0 Å². The van der Waals surface area contributed by atoms with Crippen molar-refractivity contribution >= 4 is 17.9 Å². The van der Waals surface area contributed by atoms with Gasteiger partial charge in [0.25, 0.3) is 11.1 Å². The molecule has 2 aromatic carbocycles. The Balaban J connectivity index is 0.00000176. The van der Waals surface area contributed by atoms with Crippen molar-refractivity contribution in [2.45, 2.75) is 47.0 Å². The number of nitrogens with zero attached hydrogens (tertiary/aromatic N) is 1. The Hall–Kier alpha value is -4.26. The molecule has 2 heterocycles. The molecule has 0 aliphatic heterocycles. The summed E-state index contributed by atoms with van der Waals surface area (Å²) in [6, 6.07) is 14.3. The van der Waals surface area contributed by atoms with Gasteiger partial charge in [0.15, 0.2) is 5.78 Å². The van der Waals surface area contributed by atoms with E-state index in [9.17, 15) is 14.4 Å². The number of aromatic nitrogens is 4. The van der Waals surface area contributed by atoms with Gasteiger partial charge in [0.1, 0.15) is 10.7 Å². The van der Waals surface area contributed by atoms with Crippen LogP contribution in [0, 0.1) is 6.92 Å². The summed E-state index contributed by atoms with van der Waals surface area (Å²) in [6.45, 7) is 12.0. The van der Waals surface area contributed by atoms with E-state index >= 15 is 0 Å². The monoisotopic (exact) mass is 484 g/mol. The van der Waals surface area contributed by atoms with Crippen molar-refractivity contribution in [3.8, 4) is 0 Å². The highest BCUT2D eigenvalue weighted by molar-refractivity contribution is 6.09. The number of aromatic amines is 3. The Morgan fingerprint density at radius 1 is 0.861 bits per heavy atom. The van der Waals surface area contributed by atoms with E-state index in [0.717, 1.165) is 11.3 Å². The number of carbonyl (C=O) groups is 1. The maximum Gasteiger partial charge on any atom is 0.272 e. The van der Waals surface area contributed by atoms with E-state index in [1.807, 2.05) is 53.7 Å². The van der Waals surface area contributed by atoms with Gasteiger partial charge in [-0.05, 0) is 30.7 Å². The number of aryl methyl sites for hydroxylation is 1. The normalized spacial score (nSPS) is 12.3. The van der Waals surface area contributed by atoms with Crippen LogP contribution < -0.4 is 21.8 Å². The summed E-state index contributed by atoms with van der Waals surface area (Å²) in [4.78, 5) is 50.9. The fraction of sp³-hybridized carbons (Fsp3) is 0.241. The van der Waals surface area contributed by atoms with Crippen LogP contribution in [0.3, 0.4) is 0 Å². The summed E-state index contributed by atoms with van der Waals surface area (Å²) < 4.78 is 0. The second kappa shape index (κ2) is 11.0.